The zero-order valence-electron chi connectivity index (χ0n) is 13.6. The van der Waals surface area contributed by atoms with Gasteiger partial charge in [-0.25, -0.2) is 4.98 Å². The van der Waals surface area contributed by atoms with Gasteiger partial charge in [0.05, 0.1) is 10.4 Å². The van der Waals surface area contributed by atoms with E-state index >= 15 is 0 Å². The summed E-state index contributed by atoms with van der Waals surface area (Å²) in [4.78, 5) is 21.5. The van der Waals surface area contributed by atoms with Gasteiger partial charge in [-0.05, 0) is 37.9 Å². The molecule has 0 spiro atoms. The van der Waals surface area contributed by atoms with E-state index in [1.807, 2.05) is 26.4 Å². The van der Waals surface area contributed by atoms with Crippen LogP contribution < -0.4 is 10.2 Å². The third-order valence-corrected chi connectivity index (χ3v) is 6.05. The van der Waals surface area contributed by atoms with E-state index in [-0.39, 0.29) is 11.9 Å². The average molecular weight is 330 g/mol. The van der Waals surface area contributed by atoms with Crippen molar-refractivity contribution in [3.63, 3.8) is 0 Å². The number of fused-ring (bicyclic) bond motifs is 4. The molecular formula is C17H22N4OS. The number of nitrogens with one attached hydrogen (secondary N) is 1. The molecule has 5 rings (SSSR count). The average Bonchev–Trinajstić information content (AvgIpc) is 2.99. The molecule has 5 heterocycles. The summed E-state index contributed by atoms with van der Waals surface area (Å²) in [7, 11) is 4.05. The Hall–Kier alpha value is -1.66. The molecule has 1 unspecified atom stereocenters. The van der Waals surface area contributed by atoms with Gasteiger partial charge in [-0.3, -0.25) is 4.79 Å². The molecule has 122 valence electrons. The summed E-state index contributed by atoms with van der Waals surface area (Å²) >= 11 is 1.67. The van der Waals surface area contributed by atoms with E-state index in [0.717, 1.165) is 22.3 Å². The number of nitrogens with zero attached hydrogens (tertiary/aromatic N) is 3. The maximum Gasteiger partial charge on any atom is 0.270 e. The zero-order chi connectivity index (χ0) is 16.0. The Balaban J connectivity index is 1.56. The molecular weight excluding hydrogens is 308 g/mol. The molecule has 23 heavy (non-hydrogen) atoms. The lowest BCUT2D eigenvalue weighted by molar-refractivity contribution is 0.0618. The molecule has 0 radical (unpaired) electrons. The van der Waals surface area contributed by atoms with Crippen molar-refractivity contribution in [2.75, 3.05) is 38.6 Å². The third kappa shape index (κ3) is 2.70. The second-order valence-electron chi connectivity index (χ2n) is 6.80. The first kappa shape index (κ1) is 14.9. The summed E-state index contributed by atoms with van der Waals surface area (Å²) in [6.45, 7) is 3.35. The molecule has 0 aromatic carbocycles. The smallest absolute Gasteiger partial charge is 0.270 e. The van der Waals surface area contributed by atoms with E-state index < -0.39 is 0 Å². The number of carbonyl (C=O) groups is 1. The highest BCUT2D eigenvalue weighted by Gasteiger charge is 2.35. The largest absolute Gasteiger partial charge is 0.376 e. The Morgan fingerprint density at radius 3 is 2.83 bits per heavy atom. The van der Waals surface area contributed by atoms with Crippen molar-refractivity contribution in [3.8, 4) is 0 Å². The lowest BCUT2D eigenvalue weighted by Gasteiger charge is -2.44. The normalized spacial score (nSPS) is 26.4. The van der Waals surface area contributed by atoms with Crippen molar-refractivity contribution in [1.29, 1.82) is 0 Å². The number of pyridine rings is 1. The number of hydrogen-bond donors (Lipinski definition) is 1. The van der Waals surface area contributed by atoms with Gasteiger partial charge in [-0.2, -0.15) is 0 Å². The minimum Gasteiger partial charge on any atom is -0.376 e. The lowest BCUT2D eigenvalue weighted by Crippen LogP contribution is -2.57. The van der Waals surface area contributed by atoms with Crippen LogP contribution in [0.25, 0.3) is 10.1 Å². The number of rotatable bonds is 3. The fourth-order valence-electron chi connectivity index (χ4n) is 3.76. The number of amides is 1. The van der Waals surface area contributed by atoms with Crippen LogP contribution in [0.5, 0.6) is 0 Å². The molecule has 1 atom stereocenters. The third-order valence-electron chi connectivity index (χ3n) is 5.13. The predicted molar refractivity (Wildman–Crippen MR) is 94.4 cm³/mol. The van der Waals surface area contributed by atoms with Crippen molar-refractivity contribution in [3.05, 3.63) is 23.3 Å². The van der Waals surface area contributed by atoms with Crippen LogP contribution in [-0.4, -0.2) is 55.6 Å². The first-order valence-corrected chi connectivity index (χ1v) is 9.07. The van der Waals surface area contributed by atoms with Gasteiger partial charge in [0.15, 0.2) is 0 Å². The van der Waals surface area contributed by atoms with Crippen LogP contribution in [0.3, 0.4) is 0 Å². The lowest BCUT2D eigenvalue weighted by atomic mass is 9.84. The van der Waals surface area contributed by atoms with Crippen LogP contribution in [-0.2, 0) is 0 Å². The van der Waals surface area contributed by atoms with Gasteiger partial charge in [0, 0.05) is 43.6 Å². The summed E-state index contributed by atoms with van der Waals surface area (Å²) < 4.78 is 1.12. The van der Waals surface area contributed by atoms with Crippen LogP contribution in [0, 0.1) is 5.92 Å². The molecule has 2 aromatic rings. The van der Waals surface area contributed by atoms with Crippen LogP contribution in [0.1, 0.15) is 23.3 Å². The first-order chi connectivity index (χ1) is 11.1. The Kier molecular flexibility index (Phi) is 3.73. The summed E-state index contributed by atoms with van der Waals surface area (Å²) in [5.74, 6) is 0.590. The van der Waals surface area contributed by atoms with Crippen LogP contribution in [0.2, 0.25) is 0 Å². The molecule has 3 aliphatic heterocycles. The highest BCUT2D eigenvalue weighted by Crippen LogP contribution is 2.32. The van der Waals surface area contributed by atoms with Gasteiger partial charge < -0.3 is 15.1 Å². The number of thiophene rings is 1. The zero-order valence-corrected chi connectivity index (χ0v) is 14.4. The Labute approximate surface area is 140 Å². The van der Waals surface area contributed by atoms with Crippen LogP contribution in [0.4, 0.5) is 5.69 Å². The van der Waals surface area contributed by atoms with Gasteiger partial charge in [0.1, 0.15) is 5.69 Å². The second-order valence-corrected chi connectivity index (χ2v) is 7.71. The van der Waals surface area contributed by atoms with Crippen LogP contribution >= 0.6 is 11.3 Å². The number of hydrogen-bond acceptors (Lipinski definition) is 5. The highest BCUT2D eigenvalue weighted by molar-refractivity contribution is 7.17. The number of anilines is 1. The summed E-state index contributed by atoms with van der Waals surface area (Å²) in [6, 6.07) is 2.20. The first-order valence-electron chi connectivity index (χ1n) is 8.19. The Bertz CT molecular complexity index is 733. The maximum absolute atomic E-state index is 12.6. The highest BCUT2D eigenvalue weighted by atomic mass is 32.1. The fraction of sp³-hybridized carbons (Fsp3) is 0.529. The minimum atomic E-state index is -0.0402. The topological polar surface area (TPSA) is 48.5 Å². The van der Waals surface area contributed by atoms with E-state index in [4.69, 9.17) is 0 Å². The van der Waals surface area contributed by atoms with Gasteiger partial charge in [0.2, 0.25) is 0 Å². The quantitative estimate of drug-likeness (QED) is 0.937. The monoisotopic (exact) mass is 330 g/mol. The fourth-order valence-corrected chi connectivity index (χ4v) is 4.74. The van der Waals surface area contributed by atoms with Gasteiger partial charge in [-0.15, -0.1) is 11.3 Å². The van der Waals surface area contributed by atoms with Crippen molar-refractivity contribution in [2.24, 2.45) is 5.92 Å². The minimum absolute atomic E-state index is 0.0402. The van der Waals surface area contributed by atoms with E-state index in [2.05, 4.69) is 25.5 Å². The van der Waals surface area contributed by atoms with E-state index in [0.29, 0.717) is 11.6 Å². The Morgan fingerprint density at radius 1 is 1.39 bits per heavy atom. The number of aromatic nitrogens is 1. The summed E-state index contributed by atoms with van der Waals surface area (Å²) in [5, 5.41) is 6.44. The SMILES string of the molecule is CN(C)c1csc2cnc(C(=O)NC3CN4CCC3CC4)cc12. The van der Waals surface area contributed by atoms with Gasteiger partial charge >= 0.3 is 0 Å². The number of carbonyl (C=O) groups excluding carboxylic acids is 1. The van der Waals surface area contributed by atoms with E-state index in [1.165, 1.54) is 25.9 Å². The second kappa shape index (κ2) is 5.76. The van der Waals surface area contributed by atoms with Crippen LogP contribution in [0.15, 0.2) is 17.6 Å². The van der Waals surface area contributed by atoms with Gasteiger partial charge in [0.25, 0.3) is 5.91 Å². The predicted octanol–water partition coefficient (Wildman–Crippen LogP) is 2.19. The molecule has 1 N–H and O–H groups in total. The van der Waals surface area contributed by atoms with E-state index in [9.17, 15) is 4.79 Å². The maximum atomic E-state index is 12.6. The molecule has 1 amide bonds. The van der Waals surface area contributed by atoms with Crippen molar-refractivity contribution >= 4 is 33.0 Å². The molecule has 3 aliphatic rings. The van der Waals surface area contributed by atoms with Crippen molar-refractivity contribution in [1.82, 2.24) is 15.2 Å². The number of piperidine rings is 3. The molecule has 3 saturated heterocycles. The molecule has 5 nitrogen and oxygen atoms in total. The van der Waals surface area contributed by atoms with Gasteiger partial charge in [-0.1, -0.05) is 0 Å². The van der Waals surface area contributed by atoms with Crippen molar-refractivity contribution < 1.29 is 4.79 Å². The molecule has 6 heteroatoms. The molecule has 0 saturated carbocycles. The molecule has 2 bridgehead atoms. The molecule has 3 fully saturated rings. The van der Waals surface area contributed by atoms with E-state index in [1.54, 1.807) is 11.3 Å². The van der Waals surface area contributed by atoms with Crippen molar-refractivity contribution in [2.45, 2.75) is 18.9 Å². The summed E-state index contributed by atoms with van der Waals surface area (Å²) in [5.41, 5.74) is 1.67. The molecule has 0 aliphatic carbocycles. The summed E-state index contributed by atoms with van der Waals surface area (Å²) in [6.07, 6.45) is 4.22. The Morgan fingerprint density at radius 2 is 2.17 bits per heavy atom. The standard InChI is InChI=1S/C17H22N4OS/c1-20(2)15-10-23-16-8-18-13(7-12(15)16)17(22)19-14-9-21-5-3-11(14)4-6-21/h7-8,10-11,14H,3-6,9H2,1-2H3,(H,19,22). The molecule has 2 aromatic heterocycles.